The second-order valence-corrected chi connectivity index (χ2v) is 4.34. The zero-order valence-corrected chi connectivity index (χ0v) is 9.00. The molecule has 0 radical (unpaired) electrons. The minimum absolute atomic E-state index is 0.0467. The maximum Gasteiger partial charge on any atom is 0.224 e. The van der Waals surface area contributed by atoms with Crippen molar-refractivity contribution in [2.24, 2.45) is 5.73 Å². The van der Waals surface area contributed by atoms with Gasteiger partial charge in [-0.2, -0.15) is 0 Å². The largest absolute Gasteiger partial charge is 0.349 e. The fraction of sp³-hybridized carbons (Fsp3) is 0.417. The standard InChI is InChI=1S/C12H15FN2O/c13-10-3-1-9(2-4-10)7-11(16)15-12(8-14)5-6-12/h1-4H,5-8,14H2,(H,15,16). The monoisotopic (exact) mass is 222 g/mol. The van der Waals surface area contributed by atoms with Gasteiger partial charge < -0.3 is 11.1 Å². The summed E-state index contributed by atoms with van der Waals surface area (Å²) in [4.78, 5) is 11.7. The van der Waals surface area contributed by atoms with Crippen LogP contribution in [0.3, 0.4) is 0 Å². The molecule has 1 saturated carbocycles. The molecule has 2 rings (SSSR count). The Morgan fingerprint density at radius 3 is 2.50 bits per heavy atom. The van der Waals surface area contributed by atoms with E-state index in [1.807, 2.05) is 0 Å². The molecule has 1 aromatic rings. The first kappa shape index (κ1) is 11.1. The first-order valence-corrected chi connectivity index (χ1v) is 5.39. The van der Waals surface area contributed by atoms with E-state index in [9.17, 15) is 9.18 Å². The summed E-state index contributed by atoms with van der Waals surface area (Å²) in [5, 5.41) is 2.92. The molecule has 0 saturated heterocycles. The van der Waals surface area contributed by atoms with Crippen LogP contribution in [0.25, 0.3) is 0 Å². The summed E-state index contributed by atoms with van der Waals surface area (Å²) >= 11 is 0. The number of hydrogen-bond acceptors (Lipinski definition) is 2. The predicted octanol–water partition coefficient (Wildman–Crippen LogP) is 0.976. The van der Waals surface area contributed by atoms with Crippen molar-refractivity contribution in [2.75, 3.05) is 6.54 Å². The zero-order valence-electron chi connectivity index (χ0n) is 9.00. The molecule has 1 aliphatic carbocycles. The van der Waals surface area contributed by atoms with Crippen molar-refractivity contribution >= 4 is 5.91 Å². The molecule has 3 N–H and O–H groups in total. The summed E-state index contributed by atoms with van der Waals surface area (Å²) in [6.07, 6.45) is 2.19. The Kier molecular flexibility index (Phi) is 2.92. The summed E-state index contributed by atoms with van der Waals surface area (Å²) in [5.74, 6) is -0.334. The minimum atomic E-state index is -0.287. The lowest BCUT2D eigenvalue weighted by Gasteiger charge is -2.14. The summed E-state index contributed by atoms with van der Waals surface area (Å²) in [5.41, 5.74) is 6.22. The molecule has 86 valence electrons. The molecular formula is C12H15FN2O. The van der Waals surface area contributed by atoms with Crippen LogP contribution >= 0.6 is 0 Å². The van der Waals surface area contributed by atoms with Gasteiger partial charge in [-0.05, 0) is 30.5 Å². The van der Waals surface area contributed by atoms with Crippen LogP contribution in [0.5, 0.6) is 0 Å². The van der Waals surface area contributed by atoms with Crippen LogP contribution in [0.15, 0.2) is 24.3 Å². The number of hydrogen-bond donors (Lipinski definition) is 2. The number of rotatable bonds is 4. The van der Waals surface area contributed by atoms with Crippen molar-refractivity contribution < 1.29 is 9.18 Å². The van der Waals surface area contributed by atoms with Gasteiger partial charge in [0.2, 0.25) is 5.91 Å². The van der Waals surface area contributed by atoms with E-state index in [1.54, 1.807) is 12.1 Å². The lowest BCUT2D eigenvalue weighted by Crippen LogP contribution is -2.43. The summed E-state index contributed by atoms with van der Waals surface area (Å²) in [6.45, 7) is 0.488. The normalized spacial score (nSPS) is 16.9. The van der Waals surface area contributed by atoms with Crippen molar-refractivity contribution in [2.45, 2.75) is 24.8 Å². The third-order valence-electron chi connectivity index (χ3n) is 2.93. The second-order valence-electron chi connectivity index (χ2n) is 4.34. The van der Waals surface area contributed by atoms with E-state index in [4.69, 9.17) is 5.73 Å². The third kappa shape index (κ3) is 2.58. The van der Waals surface area contributed by atoms with E-state index in [0.29, 0.717) is 6.54 Å². The highest BCUT2D eigenvalue weighted by Crippen LogP contribution is 2.33. The highest BCUT2D eigenvalue weighted by atomic mass is 19.1. The van der Waals surface area contributed by atoms with E-state index in [0.717, 1.165) is 18.4 Å². The van der Waals surface area contributed by atoms with Crippen molar-refractivity contribution in [1.82, 2.24) is 5.32 Å². The number of carbonyl (C=O) groups is 1. The number of carbonyl (C=O) groups excluding carboxylic acids is 1. The lowest BCUT2D eigenvalue weighted by atomic mass is 10.1. The zero-order chi connectivity index (χ0) is 11.6. The molecular weight excluding hydrogens is 207 g/mol. The Hall–Kier alpha value is -1.42. The van der Waals surface area contributed by atoms with Gasteiger partial charge in [-0.3, -0.25) is 4.79 Å². The van der Waals surface area contributed by atoms with E-state index >= 15 is 0 Å². The molecule has 1 amide bonds. The summed E-state index contributed by atoms with van der Waals surface area (Å²) < 4.78 is 12.6. The highest BCUT2D eigenvalue weighted by molar-refractivity contribution is 5.79. The molecule has 1 aromatic carbocycles. The molecule has 0 unspecified atom stereocenters. The van der Waals surface area contributed by atoms with Crippen molar-refractivity contribution in [3.63, 3.8) is 0 Å². The van der Waals surface area contributed by atoms with Crippen molar-refractivity contribution in [3.05, 3.63) is 35.6 Å². The quantitative estimate of drug-likeness (QED) is 0.797. The lowest BCUT2D eigenvalue weighted by molar-refractivity contribution is -0.121. The number of nitrogens with two attached hydrogens (primary N) is 1. The maximum absolute atomic E-state index is 12.6. The Morgan fingerprint density at radius 1 is 1.38 bits per heavy atom. The van der Waals surface area contributed by atoms with Gasteiger partial charge in [0.15, 0.2) is 0 Å². The van der Waals surface area contributed by atoms with Crippen LogP contribution in [0.1, 0.15) is 18.4 Å². The predicted molar refractivity (Wildman–Crippen MR) is 59.3 cm³/mol. The topological polar surface area (TPSA) is 55.1 Å². The first-order chi connectivity index (χ1) is 7.63. The molecule has 3 nitrogen and oxygen atoms in total. The van der Waals surface area contributed by atoms with Gasteiger partial charge in [-0.25, -0.2) is 4.39 Å². The van der Waals surface area contributed by atoms with Crippen LogP contribution in [0, 0.1) is 5.82 Å². The molecule has 16 heavy (non-hydrogen) atoms. The Labute approximate surface area is 93.8 Å². The van der Waals surface area contributed by atoms with Gasteiger partial charge in [0.25, 0.3) is 0 Å². The molecule has 0 aliphatic heterocycles. The molecule has 1 fully saturated rings. The van der Waals surface area contributed by atoms with Crippen LogP contribution in [-0.4, -0.2) is 18.0 Å². The highest BCUT2D eigenvalue weighted by Gasteiger charge is 2.42. The summed E-state index contributed by atoms with van der Waals surface area (Å²) in [7, 11) is 0. The summed E-state index contributed by atoms with van der Waals surface area (Å²) in [6, 6.07) is 5.96. The third-order valence-corrected chi connectivity index (χ3v) is 2.93. The van der Waals surface area contributed by atoms with Crippen molar-refractivity contribution in [3.8, 4) is 0 Å². The molecule has 0 aromatic heterocycles. The molecule has 0 atom stereocenters. The molecule has 0 bridgehead atoms. The van der Waals surface area contributed by atoms with E-state index in [2.05, 4.69) is 5.32 Å². The molecule has 1 aliphatic rings. The first-order valence-electron chi connectivity index (χ1n) is 5.39. The number of halogens is 1. The van der Waals surface area contributed by atoms with E-state index < -0.39 is 0 Å². The van der Waals surface area contributed by atoms with Gasteiger partial charge in [-0.15, -0.1) is 0 Å². The average Bonchev–Trinajstić information content (AvgIpc) is 3.02. The van der Waals surface area contributed by atoms with Crippen LogP contribution in [-0.2, 0) is 11.2 Å². The Balaban J connectivity index is 1.90. The molecule has 4 heteroatoms. The number of amides is 1. The SMILES string of the molecule is NCC1(NC(=O)Cc2ccc(F)cc2)CC1. The van der Waals surface area contributed by atoms with Gasteiger partial charge >= 0.3 is 0 Å². The smallest absolute Gasteiger partial charge is 0.224 e. The minimum Gasteiger partial charge on any atom is -0.349 e. The van der Waals surface area contributed by atoms with Gasteiger partial charge in [-0.1, -0.05) is 12.1 Å². The van der Waals surface area contributed by atoms with Crippen molar-refractivity contribution in [1.29, 1.82) is 0 Å². The number of nitrogens with one attached hydrogen (secondary N) is 1. The fourth-order valence-electron chi connectivity index (χ4n) is 1.66. The maximum atomic E-state index is 12.6. The van der Waals surface area contributed by atoms with Gasteiger partial charge in [0, 0.05) is 6.54 Å². The van der Waals surface area contributed by atoms with Crippen LogP contribution in [0.4, 0.5) is 4.39 Å². The van der Waals surface area contributed by atoms with E-state index in [1.165, 1.54) is 12.1 Å². The molecule has 0 heterocycles. The fourth-order valence-corrected chi connectivity index (χ4v) is 1.66. The Morgan fingerprint density at radius 2 is 2.00 bits per heavy atom. The molecule has 0 spiro atoms. The average molecular weight is 222 g/mol. The Bertz CT molecular complexity index is 385. The van der Waals surface area contributed by atoms with Crippen LogP contribution in [0.2, 0.25) is 0 Å². The second kappa shape index (κ2) is 4.22. The number of benzene rings is 1. The van der Waals surface area contributed by atoms with Gasteiger partial charge in [0.05, 0.1) is 12.0 Å². The van der Waals surface area contributed by atoms with E-state index in [-0.39, 0.29) is 23.7 Å². The van der Waals surface area contributed by atoms with Gasteiger partial charge in [0.1, 0.15) is 5.82 Å². The van der Waals surface area contributed by atoms with Crippen LogP contribution < -0.4 is 11.1 Å².